The Bertz CT molecular complexity index is 1610. The molecule has 0 aliphatic carbocycles. The molecule has 6 aromatic heterocycles. The monoisotopic (exact) mass is 551 g/mol. The van der Waals surface area contributed by atoms with Crippen LogP contribution in [0.1, 0.15) is 0 Å². The highest BCUT2D eigenvalue weighted by Crippen LogP contribution is 1.99. The number of rotatable bonds is 10. The summed E-state index contributed by atoms with van der Waals surface area (Å²) in [6.45, 7) is 0. The summed E-state index contributed by atoms with van der Waals surface area (Å²) in [6.07, 6.45) is 10.5. The zero-order chi connectivity index (χ0) is 27.7. The Labute approximate surface area is 226 Å². The number of anilines is 10. The van der Waals surface area contributed by atoms with Crippen LogP contribution >= 0.6 is 0 Å². The van der Waals surface area contributed by atoms with Gasteiger partial charge in [-0.15, -0.1) is 0 Å². The Hall–Kier alpha value is -6.14. The van der Waals surface area contributed by atoms with E-state index in [1.54, 1.807) is 0 Å². The lowest BCUT2D eigenvalue weighted by atomic mass is 10.7. The Morgan fingerprint density at radius 1 is 0.244 bits per heavy atom. The molecule has 6 rings (SSSR count). The molecule has 0 aliphatic rings. The summed E-state index contributed by atoms with van der Waals surface area (Å²) in [5, 5.41) is 14.2. The first-order valence-corrected chi connectivity index (χ1v) is 11.1. The number of aromatic nitrogens is 18. The zero-order valence-electron chi connectivity index (χ0n) is 20.2. The third-order valence-corrected chi connectivity index (χ3v) is 4.39. The smallest absolute Gasteiger partial charge is 0.224 e. The van der Waals surface area contributed by atoms with Gasteiger partial charge < -0.3 is 0 Å². The molecule has 0 atom stereocenters. The maximum absolute atomic E-state index is 4.27. The van der Waals surface area contributed by atoms with E-state index in [9.17, 15) is 0 Å². The van der Waals surface area contributed by atoms with Crippen LogP contribution < -0.4 is 26.6 Å². The van der Waals surface area contributed by atoms with E-state index in [4.69, 9.17) is 0 Å². The minimum atomic E-state index is 0.126. The number of nitrogens with one attached hydrogen (secondary N) is 5. The molecular weight excluding hydrogens is 538 g/mol. The SMILES string of the molecule is c1ncnc([NH+]c2ncnc([NH+]c3ncnc([NH+]c4ncnc([NH+]c5ncnc([NH+]c6ncncn6)n5)n4)n3)n2)n1. The van der Waals surface area contributed by atoms with Crippen molar-refractivity contribution in [2.75, 3.05) is 0 Å². The first kappa shape index (κ1) is 25.2. The van der Waals surface area contributed by atoms with Crippen LogP contribution in [-0.2, 0) is 0 Å². The highest BCUT2D eigenvalue weighted by molar-refractivity contribution is 5.20. The predicted octanol–water partition coefficient (Wildman–Crippen LogP) is -7.64. The Balaban J connectivity index is 1.11. The zero-order valence-corrected chi connectivity index (χ0v) is 20.2. The molecule has 0 fully saturated rings. The van der Waals surface area contributed by atoms with Crippen molar-refractivity contribution in [1.29, 1.82) is 0 Å². The van der Waals surface area contributed by atoms with Crippen LogP contribution in [-0.4, -0.2) is 89.7 Å². The quantitative estimate of drug-likeness (QED) is 0.105. The Kier molecular flexibility index (Phi) is 7.45. The van der Waals surface area contributed by atoms with Crippen LogP contribution in [0.3, 0.4) is 0 Å². The summed E-state index contributed by atoms with van der Waals surface area (Å²) >= 11 is 0. The van der Waals surface area contributed by atoms with Gasteiger partial charge in [0.2, 0.25) is 0 Å². The van der Waals surface area contributed by atoms with Gasteiger partial charge in [-0.2, -0.15) is 59.8 Å². The minimum absolute atomic E-state index is 0.126. The van der Waals surface area contributed by atoms with E-state index in [1.807, 2.05) is 0 Å². The molecule has 0 saturated heterocycles. The van der Waals surface area contributed by atoms with Crippen molar-refractivity contribution in [2.24, 2.45) is 0 Å². The van der Waals surface area contributed by atoms with Crippen molar-refractivity contribution in [3.8, 4) is 0 Å². The van der Waals surface area contributed by atoms with Gasteiger partial charge in [0.25, 0.3) is 0 Å². The fraction of sp³-hybridized carbons (Fsp3) is 0. The summed E-state index contributed by atoms with van der Waals surface area (Å²) in [5.74, 6) is 1.75. The lowest BCUT2D eigenvalue weighted by molar-refractivity contribution is -0.517. The van der Waals surface area contributed by atoms with Crippen LogP contribution in [0.25, 0.3) is 0 Å². The van der Waals surface area contributed by atoms with Gasteiger partial charge in [-0.05, 0) is 26.6 Å². The summed E-state index contributed by atoms with van der Waals surface area (Å²) < 4.78 is 0. The molecule has 41 heavy (non-hydrogen) atoms. The van der Waals surface area contributed by atoms with Crippen molar-refractivity contribution in [1.82, 2.24) is 89.7 Å². The first-order valence-electron chi connectivity index (χ1n) is 11.1. The van der Waals surface area contributed by atoms with E-state index in [-0.39, 0.29) is 59.5 Å². The van der Waals surface area contributed by atoms with Gasteiger partial charge in [0.1, 0.15) is 50.6 Å². The van der Waals surface area contributed by atoms with E-state index in [2.05, 4.69) is 116 Å². The molecule has 23 heteroatoms. The third-order valence-electron chi connectivity index (χ3n) is 4.39. The van der Waals surface area contributed by atoms with Crippen molar-refractivity contribution < 1.29 is 26.6 Å². The topological polar surface area (TPSA) is 310 Å². The average molecular weight is 551 g/mol. The largest absolute Gasteiger partial charge is 0.393 e. The van der Waals surface area contributed by atoms with Gasteiger partial charge in [0.15, 0.2) is 0 Å². The Morgan fingerprint density at radius 2 is 0.439 bits per heavy atom. The molecule has 195 valence electrons. The number of nitrogens with zero attached hydrogens (tertiary/aromatic N) is 18. The lowest BCUT2D eigenvalue weighted by Gasteiger charge is -1.94. The van der Waals surface area contributed by atoms with Gasteiger partial charge in [0, 0.05) is 0 Å². The average Bonchev–Trinajstić information content (AvgIpc) is 2.99. The lowest BCUT2D eigenvalue weighted by Crippen LogP contribution is -2.78. The molecule has 0 amide bonds. The van der Waals surface area contributed by atoms with Crippen molar-refractivity contribution in [2.45, 2.75) is 0 Å². The second-order valence-electron chi connectivity index (χ2n) is 7.08. The summed E-state index contributed by atoms with van der Waals surface area (Å²) in [4.78, 5) is 72.7. The second-order valence-corrected chi connectivity index (χ2v) is 7.08. The normalized spacial score (nSPS) is 10.9. The van der Waals surface area contributed by atoms with Crippen LogP contribution in [0, 0.1) is 0 Å². The fourth-order valence-corrected chi connectivity index (χ4v) is 2.77. The minimum Gasteiger partial charge on any atom is -0.224 e. The van der Waals surface area contributed by atoms with Crippen LogP contribution in [0.4, 0.5) is 59.5 Å². The maximum atomic E-state index is 4.27. The van der Waals surface area contributed by atoms with E-state index in [1.165, 1.54) is 50.6 Å². The third kappa shape index (κ3) is 7.04. The summed E-state index contributed by atoms with van der Waals surface area (Å²) in [7, 11) is 0. The predicted molar refractivity (Wildman–Crippen MR) is 120 cm³/mol. The molecule has 0 aromatic carbocycles. The molecule has 0 saturated carbocycles. The molecule has 0 aliphatic heterocycles. The molecule has 23 nitrogen and oxygen atoms in total. The van der Waals surface area contributed by atoms with E-state index in [0.29, 0.717) is 0 Å². The molecule has 5 radical (unpaired) electrons. The summed E-state index contributed by atoms with van der Waals surface area (Å²) in [6, 6.07) is 0. The first-order chi connectivity index (χ1) is 20.2. The molecule has 6 heterocycles. The highest BCUT2D eigenvalue weighted by Gasteiger charge is 2.24. The molecule has 0 spiro atoms. The van der Waals surface area contributed by atoms with Crippen LogP contribution in [0.2, 0.25) is 0 Å². The number of hydrogen-bond acceptors (Lipinski definition) is 23. The molecule has 5 N–H and O–H groups in total. The molecule has 0 bridgehead atoms. The Morgan fingerprint density at radius 3 is 0.683 bits per heavy atom. The molecular formula is C18H13N23+5. The van der Waals surface area contributed by atoms with Crippen molar-refractivity contribution in [3.63, 3.8) is 0 Å². The fourth-order valence-electron chi connectivity index (χ4n) is 2.77. The molecule has 0 unspecified atom stereocenters. The van der Waals surface area contributed by atoms with Gasteiger partial charge in [-0.3, -0.25) is 0 Å². The van der Waals surface area contributed by atoms with E-state index >= 15 is 0 Å². The van der Waals surface area contributed by atoms with E-state index in [0.717, 1.165) is 0 Å². The van der Waals surface area contributed by atoms with Gasteiger partial charge >= 0.3 is 59.5 Å². The van der Waals surface area contributed by atoms with Gasteiger partial charge in [0.05, 0.1) is 0 Å². The van der Waals surface area contributed by atoms with Gasteiger partial charge in [-0.25, -0.2) is 9.97 Å². The van der Waals surface area contributed by atoms with Crippen molar-refractivity contribution >= 4 is 59.5 Å². The van der Waals surface area contributed by atoms with Gasteiger partial charge in [-0.1, -0.05) is 19.9 Å². The number of hydrogen-bond donors (Lipinski definition) is 5. The second kappa shape index (κ2) is 12.1. The standard InChI is InChI=1S/C18H13N23/c1-19-2-22-9(21-1)33-11-25-5-27-13(35-11)37-15-29-7-31-17(39-15)41-18-32-8-30-16(40-18)38-14-28-6-26-12(36-14)34-10-23-3-20-4-24-10/h1-8,33-34,37-38,41H/q+5. The van der Waals surface area contributed by atoms with Crippen LogP contribution in [0.5, 0.6) is 0 Å². The summed E-state index contributed by atoms with van der Waals surface area (Å²) in [5.41, 5.74) is 0. The molecule has 6 aromatic rings. The van der Waals surface area contributed by atoms with Crippen LogP contribution in [0.15, 0.2) is 50.6 Å². The van der Waals surface area contributed by atoms with Crippen molar-refractivity contribution in [3.05, 3.63) is 50.6 Å². The van der Waals surface area contributed by atoms with E-state index < -0.39 is 0 Å². The highest BCUT2D eigenvalue weighted by atomic mass is 15.3. The maximum Gasteiger partial charge on any atom is 0.393 e.